The second-order valence-electron chi connectivity index (χ2n) is 6.45. The molecule has 0 saturated heterocycles. The molecule has 10 nitrogen and oxygen atoms in total. The quantitative estimate of drug-likeness (QED) is 0.405. The summed E-state index contributed by atoms with van der Waals surface area (Å²) in [5.41, 5.74) is -0.170. The molecule has 0 aliphatic rings. The first kappa shape index (κ1) is 22.3. The van der Waals surface area contributed by atoms with E-state index in [-0.39, 0.29) is 17.1 Å². The normalized spacial score (nSPS) is 11.4. The van der Waals surface area contributed by atoms with Gasteiger partial charge in [-0.25, -0.2) is 9.67 Å². The molecule has 2 aromatic heterocycles. The molecule has 4 rings (SSSR count). The Kier molecular flexibility index (Phi) is 6.26. The summed E-state index contributed by atoms with van der Waals surface area (Å²) in [4.78, 5) is 16.4. The molecule has 33 heavy (non-hydrogen) atoms. The van der Waals surface area contributed by atoms with Crippen molar-refractivity contribution in [1.82, 2.24) is 35.0 Å². The lowest BCUT2D eigenvalue weighted by Crippen LogP contribution is -2.17. The van der Waals surface area contributed by atoms with Crippen molar-refractivity contribution in [1.29, 1.82) is 0 Å². The maximum atomic E-state index is 13.2. The van der Waals surface area contributed by atoms with E-state index in [1.807, 2.05) is 0 Å². The van der Waals surface area contributed by atoms with Crippen LogP contribution in [0.4, 0.5) is 18.9 Å². The minimum atomic E-state index is -4.58. The summed E-state index contributed by atoms with van der Waals surface area (Å²) in [5, 5.41) is 18.2. The Balaban J connectivity index is 1.53. The number of hydrogen-bond acceptors (Lipinski definition) is 8. The number of hydrogen-bond donors (Lipinski definition) is 1. The van der Waals surface area contributed by atoms with Gasteiger partial charge in [-0.15, -0.1) is 5.10 Å². The van der Waals surface area contributed by atoms with Gasteiger partial charge >= 0.3 is 6.18 Å². The second-order valence-corrected chi connectivity index (χ2v) is 7.39. The van der Waals surface area contributed by atoms with E-state index in [1.165, 1.54) is 35.2 Å². The van der Waals surface area contributed by atoms with Crippen LogP contribution in [-0.4, -0.2) is 53.7 Å². The highest BCUT2D eigenvalue weighted by atomic mass is 32.2. The molecule has 0 saturated carbocycles. The van der Waals surface area contributed by atoms with Crippen LogP contribution in [0.5, 0.6) is 5.75 Å². The Morgan fingerprint density at radius 3 is 2.73 bits per heavy atom. The van der Waals surface area contributed by atoms with Crippen molar-refractivity contribution in [3.8, 4) is 17.1 Å². The first-order valence-electron chi connectivity index (χ1n) is 9.27. The number of carbonyl (C=O) groups is 1. The lowest BCUT2D eigenvalue weighted by Gasteiger charge is -2.14. The van der Waals surface area contributed by atoms with E-state index in [4.69, 9.17) is 4.74 Å². The summed E-state index contributed by atoms with van der Waals surface area (Å²) in [7, 11) is 1.51. The van der Waals surface area contributed by atoms with Gasteiger partial charge in [0.25, 0.3) is 0 Å². The highest BCUT2D eigenvalue weighted by Crippen LogP contribution is 2.33. The molecule has 0 fully saturated rings. The van der Waals surface area contributed by atoms with Crippen LogP contribution in [0.1, 0.15) is 5.56 Å². The molecule has 4 aromatic rings. The standard InChI is InChI=1S/C19H15F3N8O2S/c1-32-16-5-3-2-4-15(16)30-18(26-27-28-30)33-9-17(31)25-13-8-12(19(20,21)22)6-7-14(13)29-11-23-10-24-29/h2-8,10-11H,9H2,1H3,(H,25,31). The number of benzene rings is 2. The molecule has 0 atom stereocenters. The molecule has 0 unspecified atom stereocenters. The van der Waals surface area contributed by atoms with Crippen LogP contribution in [-0.2, 0) is 11.0 Å². The highest BCUT2D eigenvalue weighted by molar-refractivity contribution is 7.99. The maximum absolute atomic E-state index is 13.2. The van der Waals surface area contributed by atoms with Crippen LogP contribution in [0.25, 0.3) is 11.4 Å². The minimum absolute atomic E-state index is 0.0646. The van der Waals surface area contributed by atoms with Crippen molar-refractivity contribution >= 4 is 23.4 Å². The average Bonchev–Trinajstić information content (AvgIpc) is 3.49. The van der Waals surface area contributed by atoms with Gasteiger partial charge < -0.3 is 10.1 Å². The number of methoxy groups -OCH3 is 1. The summed E-state index contributed by atoms with van der Waals surface area (Å²) >= 11 is 1.01. The Hall–Kier alpha value is -3.94. The van der Waals surface area contributed by atoms with Crippen molar-refractivity contribution in [3.63, 3.8) is 0 Å². The monoisotopic (exact) mass is 476 g/mol. The maximum Gasteiger partial charge on any atom is 0.416 e. The number of rotatable bonds is 7. The van der Waals surface area contributed by atoms with Crippen LogP contribution < -0.4 is 10.1 Å². The van der Waals surface area contributed by atoms with Gasteiger partial charge in [0.1, 0.15) is 24.1 Å². The van der Waals surface area contributed by atoms with E-state index in [1.54, 1.807) is 24.3 Å². The number of anilines is 1. The predicted molar refractivity (Wildman–Crippen MR) is 111 cm³/mol. The molecule has 1 N–H and O–H groups in total. The van der Waals surface area contributed by atoms with E-state index >= 15 is 0 Å². The molecule has 170 valence electrons. The molecule has 0 aliphatic carbocycles. The number of carbonyl (C=O) groups excluding carboxylic acids is 1. The van der Waals surface area contributed by atoms with Crippen LogP contribution in [0.2, 0.25) is 0 Å². The number of halogens is 3. The van der Waals surface area contributed by atoms with Gasteiger partial charge in [-0.05, 0) is 40.8 Å². The van der Waals surface area contributed by atoms with Gasteiger partial charge in [0.05, 0.1) is 29.8 Å². The third kappa shape index (κ3) is 4.95. The number of tetrazole rings is 1. The number of thioether (sulfide) groups is 1. The van der Waals surface area contributed by atoms with Gasteiger partial charge in [-0.3, -0.25) is 4.79 Å². The number of alkyl halides is 3. The number of nitrogens with zero attached hydrogens (tertiary/aromatic N) is 7. The predicted octanol–water partition coefficient (Wildman–Crippen LogP) is 3.00. The van der Waals surface area contributed by atoms with Crippen molar-refractivity contribution in [2.45, 2.75) is 11.3 Å². The number of ether oxygens (including phenoxy) is 1. The van der Waals surface area contributed by atoms with Crippen molar-refractivity contribution in [2.75, 3.05) is 18.2 Å². The van der Waals surface area contributed by atoms with E-state index < -0.39 is 17.6 Å². The zero-order valence-corrected chi connectivity index (χ0v) is 17.7. The molecule has 14 heteroatoms. The topological polar surface area (TPSA) is 113 Å². The molecular formula is C19H15F3N8O2S. The molecule has 2 aromatic carbocycles. The lowest BCUT2D eigenvalue weighted by molar-refractivity contribution is -0.137. The summed E-state index contributed by atoms with van der Waals surface area (Å²) in [6.07, 6.45) is -2.03. The zero-order valence-electron chi connectivity index (χ0n) is 16.9. The molecule has 0 spiro atoms. The van der Waals surface area contributed by atoms with Gasteiger partial charge in [0.2, 0.25) is 11.1 Å². The number of nitrogens with one attached hydrogen (secondary N) is 1. The Morgan fingerprint density at radius 1 is 1.18 bits per heavy atom. The summed E-state index contributed by atoms with van der Waals surface area (Å²) in [6.45, 7) is 0. The fourth-order valence-corrected chi connectivity index (χ4v) is 3.57. The van der Waals surface area contributed by atoms with Crippen LogP contribution in [0.3, 0.4) is 0 Å². The lowest BCUT2D eigenvalue weighted by atomic mass is 10.1. The van der Waals surface area contributed by atoms with Gasteiger partial charge in [-0.1, -0.05) is 23.9 Å². The fraction of sp³-hybridized carbons (Fsp3) is 0.158. The summed E-state index contributed by atoms with van der Waals surface area (Å²) in [6, 6.07) is 10.0. The summed E-state index contributed by atoms with van der Waals surface area (Å²) < 4.78 is 47.5. The minimum Gasteiger partial charge on any atom is -0.494 e. The van der Waals surface area contributed by atoms with E-state index in [9.17, 15) is 18.0 Å². The highest BCUT2D eigenvalue weighted by Gasteiger charge is 2.31. The average molecular weight is 476 g/mol. The number of amides is 1. The SMILES string of the molecule is COc1ccccc1-n1nnnc1SCC(=O)Nc1cc(C(F)(F)F)ccc1-n1cncn1. The van der Waals surface area contributed by atoms with Gasteiger partial charge in [0, 0.05) is 0 Å². The molecule has 0 radical (unpaired) electrons. The number of para-hydroxylation sites is 2. The molecular weight excluding hydrogens is 461 g/mol. The van der Waals surface area contributed by atoms with E-state index in [0.29, 0.717) is 16.6 Å². The Labute approximate surface area is 188 Å². The Morgan fingerprint density at radius 2 is 2.00 bits per heavy atom. The summed E-state index contributed by atoms with van der Waals surface area (Å²) in [5.74, 6) is -0.199. The fourth-order valence-electron chi connectivity index (χ4n) is 2.89. The molecule has 1 amide bonds. The Bertz CT molecular complexity index is 1260. The van der Waals surface area contributed by atoms with E-state index in [0.717, 1.165) is 23.9 Å². The number of aromatic nitrogens is 7. The van der Waals surface area contributed by atoms with Crippen molar-refractivity contribution in [2.24, 2.45) is 0 Å². The third-order valence-corrected chi connectivity index (χ3v) is 5.27. The first-order chi connectivity index (χ1) is 15.9. The third-order valence-electron chi connectivity index (χ3n) is 4.35. The van der Waals surface area contributed by atoms with E-state index in [2.05, 4.69) is 30.9 Å². The van der Waals surface area contributed by atoms with Gasteiger partial charge in [-0.2, -0.15) is 23.0 Å². The van der Waals surface area contributed by atoms with Crippen molar-refractivity contribution in [3.05, 3.63) is 60.7 Å². The van der Waals surface area contributed by atoms with Gasteiger partial charge in [0.15, 0.2) is 0 Å². The largest absolute Gasteiger partial charge is 0.494 e. The molecule has 0 aliphatic heterocycles. The molecule has 0 bridgehead atoms. The van der Waals surface area contributed by atoms with Crippen LogP contribution in [0, 0.1) is 0 Å². The van der Waals surface area contributed by atoms with Crippen LogP contribution >= 0.6 is 11.8 Å². The molecule has 2 heterocycles. The van der Waals surface area contributed by atoms with Crippen LogP contribution in [0.15, 0.2) is 60.3 Å². The first-order valence-corrected chi connectivity index (χ1v) is 10.3. The van der Waals surface area contributed by atoms with Crippen molar-refractivity contribution < 1.29 is 22.7 Å². The smallest absolute Gasteiger partial charge is 0.416 e. The second kappa shape index (κ2) is 9.28. The zero-order chi connectivity index (χ0) is 23.4.